The zero-order chi connectivity index (χ0) is 21.7. The molecule has 1 fully saturated rings. The van der Waals surface area contributed by atoms with Gasteiger partial charge in [-0.05, 0) is 31.3 Å². The summed E-state index contributed by atoms with van der Waals surface area (Å²) in [5.41, 5.74) is 9.80. The molecule has 8 nitrogen and oxygen atoms in total. The molecule has 9 heteroatoms. The van der Waals surface area contributed by atoms with E-state index in [9.17, 15) is 9.18 Å². The maximum Gasteiger partial charge on any atom is 0.261 e. The van der Waals surface area contributed by atoms with Crippen LogP contribution in [-0.4, -0.2) is 60.1 Å². The van der Waals surface area contributed by atoms with Crippen molar-refractivity contribution in [2.45, 2.75) is 0 Å². The Morgan fingerprint density at radius 2 is 1.90 bits per heavy atom. The molecular weight excluding hydrogens is 397 g/mol. The third-order valence-corrected chi connectivity index (χ3v) is 5.97. The van der Waals surface area contributed by atoms with E-state index in [1.165, 1.54) is 12.1 Å². The highest BCUT2D eigenvalue weighted by molar-refractivity contribution is 5.99. The molecule has 0 atom stereocenters. The molecule has 3 heterocycles. The van der Waals surface area contributed by atoms with Gasteiger partial charge in [0, 0.05) is 38.9 Å². The Bertz CT molecular complexity index is 1350. The molecule has 160 valence electrons. The van der Waals surface area contributed by atoms with Crippen LogP contribution in [0.15, 0.2) is 35.1 Å². The quantitative estimate of drug-likeness (QED) is 0.405. The number of nitrogens with zero attached hydrogens (tertiary/aromatic N) is 3. The first kappa shape index (κ1) is 19.4. The molecule has 1 aliphatic rings. The molecule has 1 aliphatic heterocycles. The number of fused-ring (bicyclic) bond motifs is 2. The van der Waals surface area contributed by atoms with Crippen LogP contribution in [0.2, 0.25) is 0 Å². The van der Waals surface area contributed by atoms with Gasteiger partial charge in [-0.2, -0.15) is 0 Å². The number of hydrogen-bond donors (Lipinski definition) is 4. The minimum Gasteiger partial charge on any atom is -0.397 e. The number of rotatable bonds is 3. The summed E-state index contributed by atoms with van der Waals surface area (Å²) in [5, 5.41) is 3.38. The normalized spacial score (nSPS) is 15.1. The predicted molar refractivity (Wildman–Crippen MR) is 123 cm³/mol. The Morgan fingerprint density at radius 1 is 1.13 bits per heavy atom. The van der Waals surface area contributed by atoms with Gasteiger partial charge >= 0.3 is 0 Å². The third-order valence-electron chi connectivity index (χ3n) is 5.97. The average Bonchev–Trinajstić information content (AvgIpc) is 3.17. The average molecular weight is 421 g/mol. The van der Waals surface area contributed by atoms with E-state index in [4.69, 9.17) is 5.73 Å². The third kappa shape index (κ3) is 3.17. The maximum atomic E-state index is 14.4. The number of aromatic nitrogens is 3. The van der Waals surface area contributed by atoms with E-state index in [-0.39, 0.29) is 16.6 Å². The van der Waals surface area contributed by atoms with Gasteiger partial charge in [-0.3, -0.25) is 4.79 Å². The number of likely N-dealkylation sites (N-methyl/N-ethyl adjacent to an activating group) is 1. The number of hydrogen-bond acceptors (Lipinski definition) is 6. The predicted octanol–water partition coefficient (Wildman–Crippen LogP) is 2.59. The highest BCUT2D eigenvalue weighted by Gasteiger charge is 2.21. The van der Waals surface area contributed by atoms with Crippen molar-refractivity contribution < 1.29 is 4.39 Å². The number of nitrogens with one attached hydrogen (secondary N) is 3. The molecule has 2 aromatic carbocycles. The van der Waals surface area contributed by atoms with Gasteiger partial charge < -0.3 is 30.8 Å². The fourth-order valence-electron chi connectivity index (χ4n) is 4.23. The second-order valence-electron chi connectivity index (χ2n) is 7.92. The number of aromatic amines is 2. The van der Waals surface area contributed by atoms with Crippen LogP contribution in [0.4, 0.5) is 21.5 Å². The number of H-pyrrole nitrogens is 2. The van der Waals surface area contributed by atoms with Crippen molar-refractivity contribution in [3.05, 3.63) is 46.5 Å². The number of pyridine rings is 1. The molecule has 0 bridgehead atoms. The minimum absolute atomic E-state index is 0.0706. The van der Waals surface area contributed by atoms with Gasteiger partial charge in [0.05, 0.1) is 27.8 Å². The van der Waals surface area contributed by atoms with Gasteiger partial charge in [-0.15, -0.1) is 0 Å². The second-order valence-corrected chi connectivity index (χ2v) is 7.92. The van der Waals surface area contributed by atoms with Crippen molar-refractivity contribution in [1.29, 1.82) is 0 Å². The first-order chi connectivity index (χ1) is 15.0. The van der Waals surface area contributed by atoms with Gasteiger partial charge in [0.25, 0.3) is 5.56 Å². The highest BCUT2D eigenvalue weighted by atomic mass is 19.1. The molecule has 0 aliphatic carbocycles. The van der Waals surface area contributed by atoms with E-state index < -0.39 is 11.4 Å². The summed E-state index contributed by atoms with van der Waals surface area (Å²) in [6.45, 7) is 3.86. The molecule has 5 N–H and O–H groups in total. The Balaban J connectivity index is 1.67. The first-order valence-corrected chi connectivity index (χ1v) is 10.2. The molecule has 5 rings (SSSR count). The SMILES string of the molecule is CNc1cc(N2CCN(C)CC2)cc2[nH]c(-c3c(N)c4c(F)cccc4[nH]c3=O)nc12. The second kappa shape index (κ2) is 7.28. The largest absolute Gasteiger partial charge is 0.397 e. The fourth-order valence-corrected chi connectivity index (χ4v) is 4.23. The van der Waals surface area contributed by atoms with Crippen LogP contribution in [-0.2, 0) is 0 Å². The van der Waals surface area contributed by atoms with Crippen LogP contribution in [0.3, 0.4) is 0 Å². The highest BCUT2D eigenvalue weighted by Crippen LogP contribution is 2.33. The number of piperazine rings is 1. The van der Waals surface area contributed by atoms with Crippen molar-refractivity contribution in [2.24, 2.45) is 0 Å². The van der Waals surface area contributed by atoms with Gasteiger partial charge in [0.1, 0.15) is 22.7 Å². The Kier molecular flexibility index (Phi) is 4.55. The number of nitrogen functional groups attached to an aromatic ring is 1. The summed E-state index contributed by atoms with van der Waals surface area (Å²) in [6, 6.07) is 8.57. The molecule has 0 spiro atoms. The molecule has 4 aromatic rings. The van der Waals surface area contributed by atoms with E-state index in [2.05, 4.69) is 43.2 Å². The molecule has 0 unspecified atom stereocenters. The zero-order valence-corrected chi connectivity index (χ0v) is 17.4. The standard InChI is InChI=1S/C22H24FN7O/c1-25-15-10-12(30-8-6-29(2)7-9-30)11-16-20(15)28-21(26-16)18-19(24)17-13(23)4-3-5-14(17)27-22(18)31/h3-5,10-11,25H,6-9H2,1-2H3,(H,26,28)(H3,24,27,31). The van der Waals surface area contributed by atoms with Crippen molar-refractivity contribution >= 4 is 39.0 Å². The smallest absolute Gasteiger partial charge is 0.261 e. The number of imidazole rings is 1. The Labute approximate surface area is 177 Å². The van der Waals surface area contributed by atoms with Crippen molar-refractivity contribution in [3.8, 4) is 11.4 Å². The maximum absolute atomic E-state index is 14.4. The van der Waals surface area contributed by atoms with Crippen molar-refractivity contribution in [3.63, 3.8) is 0 Å². The van der Waals surface area contributed by atoms with Crippen LogP contribution in [0.5, 0.6) is 0 Å². The first-order valence-electron chi connectivity index (χ1n) is 10.2. The fraction of sp³-hybridized carbons (Fsp3) is 0.273. The summed E-state index contributed by atoms with van der Waals surface area (Å²) < 4.78 is 14.4. The van der Waals surface area contributed by atoms with Crippen LogP contribution in [0.25, 0.3) is 33.3 Å². The van der Waals surface area contributed by atoms with Crippen molar-refractivity contribution in [1.82, 2.24) is 19.9 Å². The topological polar surface area (TPSA) is 106 Å². The molecule has 0 radical (unpaired) electrons. The van der Waals surface area contributed by atoms with Gasteiger partial charge in [0.15, 0.2) is 0 Å². The van der Waals surface area contributed by atoms with Crippen LogP contribution < -0.4 is 21.5 Å². The summed E-state index contributed by atoms with van der Waals surface area (Å²) in [5.74, 6) is -0.178. The van der Waals surface area contributed by atoms with Gasteiger partial charge in [0.2, 0.25) is 0 Å². The van der Waals surface area contributed by atoms with Crippen LogP contribution in [0, 0.1) is 5.82 Å². The van der Waals surface area contributed by atoms with E-state index in [0.717, 1.165) is 43.1 Å². The van der Waals surface area contributed by atoms with Crippen LogP contribution in [0.1, 0.15) is 0 Å². The molecular formula is C22H24FN7O. The van der Waals surface area contributed by atoms with E-state index in [1.807, 2.05) is 13.1 Å². The monoisotopic (exact) mass is 421 g/mol. The van der Waals surface area contributed by atoms with E-state index in [1.54, 1.807) is 6.07 Å². The van der Waals surface area contributed by atoms with Gasteiger partial charge in [-0.1, -0.05) is 6.07 Å². The van der Waals surface area contributed by atoms with Crippen LogP contribution >= 0.6 is 0 Å². The lowest BCUT2D eigenvalue weighted by atomic mass is 10.1. The molecule has 1 saturated heterocycles. The van der Waals surface area contributed by atoms with Crippen molar-refractivity contribution in [2.75, 3.05) is 56.2 Å². The number of halogens is 1. The summed E-state index contributed by atoms with van der Waals surface area (Å²) in [6.07, 6.45) is 0. The lowest BCUT2D eigenvalue weighted by Crippen LogP contribution is -2.44. The van der Waals surface area contributed by atoms with E-state index >= 15 is 0 Å². The molecule has 31 heavy (non-hydrogen) atoms. The molecule has 0 saturated carbocycles. The summed E-state index contributed by atoms with van der Waals surface area (Å²) in [4.78, 5) is 28.0. The number of benzene rings is 2. The number of nitrogens with two attached hydrogens (primary N) is 1. The number of anilines is 3. The molecule has 2 aromatic heterocycles. The van der Waals surface area contributed by atoms with E-state index in [0.29, 0.717) is 16.9 Å². The van der Waals surface area contributed by atoms with Gasteiger partial charge in [-0.25, -0.2) is 9.37 Å². The summed E-state index contributed by atoms with van der Waals surface area (Å²) >= 11 is 0. The minimum atomic E-state index is -0.489. The Hall–Kier alpha value is -3.59. The summed E-state index contributed by atoms with van der Waals surface area (Å²) in [7, 11) is 3.96. The molecule has 0 amide bonds. The zero-order valence-electron chi connectivity index (χ0n) is 17.4. The lowest BCUT2D eigenvalue weighted by Gasteiger charge is -2.34. The Morgan fingerprint density at radius 3 is 2.65 bits per heavy atom. The lowest BCUT2D eigenvalue weighted by molar-refractivity contribution is 0.313.